The maximum Gasteiger partial charge on any atom is 0.177 e. The summed E-state index contributed by atoms with van der Waals surface area (Å²) >= 11 is 5.16. The van der Waals surface area contributed by atoms with E-state index in [9.17, 15) is 0 Å². The number of aromatic nitrogens is 3. The smallest absolute Gasteiger partial charge is 0.177 e. The number of halogens is 1. The third-order valence-electron chi connectivity index (χ3n) is 2.47. The molecule has 0 aliphatic carbocycles. The summed E-state index contributed by atoms with van der Waals surface area (Å²) in [4.78, 5) is 13.2. The fraction of sp³-hybridized carbons (Fsp3) is 0.0769. The molecule has 0 spiro atoms. The molecule has 1 aromatic carbocycles. The zero-order valence-corrected chi connectivity index (χ0v) is 11.8. The number of nitrogens with zero attached hydrogens (tertiary/aromatic N) is 2. The Kier molecular flexibility index (Phi) is 3.34. The van der Waals surface area contributed by atoms with Gasteiger partial charge in [-0.05, 0) is 34.1 Å². The number of nitrogens with one attached hydrogen (secondary N) is 1. The van der Waals surface area contributed by atoms with Gasteiger partial charge in [-0.25, -0.2) is 9.97 Å². The van der Waals surface area contributed by atoms with Crippen molar-refractivity contribution in [3.05, 3.63) is 52.9 Å². The fourth-order valence-electron chi connectivity index (χ4n) is 1.66. The van der Waals surface area contributed by atoms with Crippen LogP contribution < -0.4 is 0 Å². The van der Waals surface area contributed by atoms with Gasteiger partial charge in [0.25, 0.3) is 0 Å². The van der Waals surface area contributed by atoms with Crippen molar-refractivity contribution < 1.29 is 0 Å². The number of thioether (sulfide) groups is 1. The number of H-pyrrole nitrogens is 1. The lowest BCUT2D eigenvalue weighted by Crippen LogP contribution is -1.82. The molecule has 0 fully saturated rings. The standard InChI is InChI=1S/C13H10BrN3S/c14-9-6-11-13(15-7-9)17-12(16-11)8-18-10-4-2-1-3-5-10/h1-7H,8H2,(H,15,16,17). The maximum absolute atomic E-state index is 4.46. The zero-order chi connectivity index (χ0) is 12.4. The molecule has 0 aliphatic heterocycles. The van der Waals surface area contributed by atoms with Crippen LogP contribution in [0.5, 0.6) is 0 Å². The predicted octanol–water partition coefficient (Wildman–Crippen LogP) is 4.01. The van der Waals surface area contributed by atoms with E-state index in [1.807, 2.05) is 24.3 Å². The average molecular weight is 320 g/mol. The first kappa shape index (κ1) is 11.7. The quantitative estimate of drug-likeness (QED) is 0.741. The molecule has 0 saturated heterocycles. The van der Waals surface area contributed by atoms with Crippen molar-refractivity contribution >= 4 is 38.9 Å². The van der Waals surface area contributed by atoms with E-state index in [1.165, 1.54) is 4.90 Å². The van der Waals surface area contributed by atoms with Gasteiger partial charge >= 0.3 is 0 Å². The molecule has 0 bridgehead atoms. The van der Waals surface area contributed by atoms with Gasteiger partial charge in [0.05, 0.1) is 11.3 Å². The minimum atomic E-state index is 0.766. The van der Waals surface area contributed by atoms with Gasteiger partial charge in [-0.15, -0.1) is 11.8 Å². The molecular formula is C13H10BrN3S. The Balaban J connectivity index is 1.79. The highest BCUT2D eigenvalue weighted by Gasteiger charge is 2.04. The number of pyridine rings is 1. The fourth-order valence-corrected chi connectivity index (χ4v) is 2.78. The summed E-state index contributed by atoms with van der Waals surface area (Å²) < 4.78 is 0.959. The summed E-state index contributed by atoms with van der Waals surface area (Å²) in [5.74, 6) is 1.77. The lowest BCUT2D eigenvalue weighted by molar-refractivity contribution is 1.13. The van der Waals surface area contributed by atoms with Crippen LogP contribution in [0.4, 0.5) is 0 Å². The Hall–Kier alpha value is -1.33. The molecule has 5 heteroatoms. The van der Waals surface area contributed by atoms with Crippen molar-refractivity contribution in [2.75, 3.05) is 0 Å². The molecular weight excluding hydrogens is 310 g/mol. The molecule has 3 nitrogen and oxygen atoms in total. The van der Waals surface area contributed by atoms with Gasteiger partial charge < -0.3 is 4.98 Å². The van der Waals surface area contributed by atoms with Gasteiger partial charge in [0.2, 0.25) is 0 Å². The van der Waals surface area contributed by atoms with Crippen LogP contribution in [0.1, 0.15) is 5.82 Å². The van der Waals surface area contributed by atoms with E-state index in [4.69, 9.17) is 0 Å². The Bertz CT molecular complexity index is 666. The van der Waals surface area contributed by atoms with Gasteiger partial charge in [0.15, 0.2) is 5.65 Å². The molecule has 3 rings (SSSR count). The number of fused-ring (bicyclic) bond motifs is 1. The summed E-state index contributed by atoms with van der Waals surface area (Å²) in [6, 6.07) is 12.3. The van der Waals surface area contributed by atoms with Crippen LogP contribution in [-0.4, -0.2) is 15.0 Å². The van der Waals surface area contributed by atoms with Crippen LogP contribution in [-0.2, 0) is 5.75 Å². The van der Waals surface area contributed by atoms with Gasteiger partial charge in [0.1, 0.15) is 5.82 Å². The zero-order valence-electron chi connectivity index (χ0n) is 9.43. The SMILES string of the molecule is Brc1cnc2nc(CSc3ccccc3)[nH]c2c1. The van der Waals surface area contributed by atoms with Gasteiger partial charge in [-0.3, -0.25) is 0 Å². The molecule has 3 aromatic rings. The van der Waals surface area contributed by atoms with E-state index >= 15 is 0 Å². The molecule has 0 radical (unpaired) electrons. The van der Waals surface area contributed by atoms with Crippen LogP contribution in [0.15, 0.2) is 52.0 Å². The van der Waals surface area contributed by atoms with Crippen molar-refractivity contribution in [1.82, 2.24) is 15.0 Å². The lowest BCUT2D eigenvalue weighted by Gasteiger charge is -1.97. The van der Waals surface area contributed by atoms with E-state index in [0.29, 0.717) is 0 Å². The predicted molar refractivity (Wildman–Crippen MR) is 77.6 cm³/mol. The van der Waals surface area contributed by atoms with E-state index in [-0.39, 0.29) is 0 Å². The van der Waals surface area contributed by atoms with Crippen molar-refractivity contribution in [1.29, 1.82) is 0 Å². The van der Waals surface area contributed by atoms with E-state index < -0.39 is 0 Å². The summed E-state index contributed by atoms with van der Waals surface area (Å²) in [6.45, 7) is 0. The molecule has 2 aromatic heterocycles. The van der Waals surface area contributed by atoms with Gasteiger partial charge in [0, 0.05) is 15.6 Å². The average Bonchev–Trinajstić information content (AvgIpc) is 2.79. The molecule has 0 amide bonds. The minimum Gasteiger partial charge on any atom is -0.340 e. The Labute approximate surface area is 117 Å². The van der Waals surface area contributed by atoms with Gasteiger partial charge in [-0.2, -0.15) is 0 Å². The number of benzene rings is 1. The molecule has 0 aliphatic rings. The highest BCUT2D eigenvalue weighted by molar-refractivity contribution is 9.10. The summed E-state index contributed by atoms with van der Waals surface area (Å²) in [7, 11) is 0. The highest BCUT2D eigenvalue weighted by Crippen LogP contribution is 2.22. The van der Waals surface area contributed by atoms with Crippen molar-refractivity contribution in [3.63, 3.8) is 0 Å². The van der Waals surface area contributed by atoms with Crippen molar-refractivity contribution in [2.45, 2.75) is 10.6 Å². The first-order valence-corrected chi connectivity index (χ1v) is 7.27. The molecule has 90 valence electrons. The molecule has 0 saturated carbocycles. The largest absolute Gasteiger partial charge is 0.340 e. The van der Waals surface area contributed by atoms with E-state index in [2.05, 4.69) is 43.0 Å². The van der Waals surface area contributed by atoms with Crippen LogP contribution in [0.25, 0.3) is 11.2 Å². The Morgan fingerprint density at radius 1 is 1.22 bits per heavy atom. The summed E-state index contributed by atoms with van der Waals surface area (Å²) in [5, 5.41) is 0. The van der Waals surface area contributed by atoms with E-state index in [1.54, 1.807) is 18.0 Å². The number of aromatic amines is 1. The number of hydrogen-bond acceptors (Lipinski definition) is 3. The van der Waals surface area contributed by atoms with E-state index in [0.717, 1.165) is 27.2 Å². The van der Waals surface area contributed by atoms with Crippen LogP contribution in [0, 0.1) is 0 Å². The highest BCUT2D eigenvalue weighted by atomic mass is 79.9. The second-order valence-corrected chi connectivity index (χ2v) is 5.77. The molecule has 1 N–H and O–H groups in total. The topological polar surface area (TPSA) is 41.6 Å². The molecule has 2 heterocycles. The van der Waals surface area contributed by atoms with Gasteiger partial charge in [-0.1, -0.05) is 18.2 Å². The number of hydrogen-bond donors (Lipinski definition) is 1. The van der Waals surface area contributed by atoms with Crippen LogP contribution in [0.2, 0.25) is 0 Å². The molecule has 0 atom stereocenters. The number of rotatable bonds is 3. The number of imidazole rings is 1. The van der Waals surface area contributed by atoms with Crippen LogP contribution >= 0.6 is 27.7 Å². The second-order valence-electron chi connectivity index (χ2n) is 3.81. The monoisotopic (exact) mass is 319 g/mol. The Morgan fingerprint density at radius 2 is 2.06 bits per heavy atom. The third kappa shape index (κ3) is 2.57. The first-order valence-electron chi connectivity index (χ1n) is 5.49. The second kappa shape index (κ2) is 5.12. The van der Waals surface area contributed by atoms with Crippen molar-refractivity contribution in [2.24, 2.45) is 0 Å². The minimum absolute atomic E-state index is 0.766. The van der Waals surface area contributed by atoms with Crippen molar-refractivity contribution in [3.8, 4) is 0 Å². The van der Waals surface area contributed by atoms with Crippen LogP contribution in [0.3, 0.4) is 0 Å². The normalized spacial score (nSPS) is 10.9. The lowest BCUT2D eigenvalue weighted by atomic mass is 10.4. The Morgan fingerprint density at radius 3 is 2.89 bits per heavy atom. The third-order valence-corrected chi connectivity index (χ3v) is 3.93. The maximum atomic E-state index is 4.46. The summed E-state index contributed by atoms with van der Waals surface area (Å²) in [6.07, 6.45) is 1.76. The molecule has 18 heavy (non-hydrogen) atoms. The summed E-state index contributed by atoms with van der Waals surface area (Å²) in [5.41, 5.74) is 1.73. The molecule has 0 unspecified atom stereocenters. The first-order chi connectivity index (χ1) is 8.81.